The molecule has 0 saturated carbocycles. The lowest BCUT2D eigenvalue weighted by atomic mass is 9.70. The first-order valence-corrected chi connectivity index (χ1v) is 8.38. The van der Waals surface area contributed by atoms with E-state index in [0.717, 1.165) is 25.7 Å². The van der Waals surface area contributed by atoms with Gasteiger partial charge in [-0.25, -0.2) is 4.79 Å². The number of carbonyl (C=O) groups excluding carboxylic acids is 1. The predicted molar refractivity (Wildman–Crippen MR) is 88.7 cm³/mol. The van der Waals surface area contributed by atoms with Crippen molar-refractivity contribution in [2.75, 3.05) is 6.61 Å². The summed E-state index contributed by atoms with van der Waals surface area (Å²) in [5.74, 6) is -0.149. The summed E-state index contributed by atoms with van der Waals surface area (Å²) in [6.07, 6.45) is 4.86. The Morgan fingerprint density at radius 3 is 2.75 bits per heavy atom. The molecule has 0 unspecified atom stereocenters. The lowest BCUT2D eigenvalue weighted by Gasteiger charge is -2.36. The standard InChI is InChI=1S/C18H21N3O3/c22-11-18(8-12-4-2-1-3-5-12)9-13-6-7-15(18)21(13)16(23)14-10-19-17(24)20-14/h1-5,10,13,15,22H,6-9,11H2,(H2,19,20,24)/t13-,15+,18-/m1/s1. The van der Waals surface area contributed by atoms with Gasteiger partial charge in [0.05, 0.1) is 6.61 Å². The van der Waals surface area contributed by atoms with Gasteiger partial charge in [0.2, 0.25) is 0 Å². The monoisotopic (exact) mass is 327 g/mol. The summed E-state index contributed by atoms with van der Waals surface area (Å²) in [5, 5.41) is 10.2. The van der Waals surface area contributed by atoms with Crippen LogP contribution in [0.4, 0.5) is 0 Å². The number of amides is 1. The third-order valence-electron chi connectivity index (χ3n) is 5.63. The molecule has 0 radical (unpaired) electrons. The van der Waals surface area contributed by atoms with E-state index < -0.39 is 0 Å². The molecular weight excluding hydrogens is 306 g/mol. The molecule has 6 heteroatoms. The molecule has 0 spiro atoms. The number of nitrogens with zero attached hydrogens (tertiary/aromatic N) is 1. The van der Waals surface area contributed by atoms with Crippen LogP contribution in [0, 0.1) is 5.41 Å². The van der Waals surface area contributed by atoms with Crippen molar-refractivity contribution in [1.82, 2.24) is 14.9 Å². The molecular formula is C18H21N3O3. The second-order valence-electron chi connectivity index (χ2n) is 7.00. The summed E-state index contributed by atoms with van der Waals surface area (Å²) < 4.78 is 0. The molecule has 2 aromatic rings. The third-order valence-corrected chi connectivity index (χ3v) is 5.63. The smallest absolute Gasteiger partial charge is 0.323 e. The molecule has 1 aromatic carbocycles. The Hall–Kier alpha value is -2.34. The van der Waals surface area contributed by atoms with Crippen LogP contribution in [-0.4, -0.2) is 44.6 Å². The maximum absolute atomic E-state index is 12.8. The largest absolute Gasteiger partial charge is 0.396 e. The lowest BCUT2D eigenvalue weighted by Crippen LogP contribution is -2.44. The van der Waals surface area contributed by atoms with Gasteiger partial charge in [-0.2, -0.15) is 0 Å². The fourth-order valence-corrected chi connectivity index (χ4v) is 4.60. The van der Waals surface area contributed by atoms with Gasteiger partial charge in [-0.15, -0.1) is 0 Å². The first kappa shape index (κ1) is 15.2. The van der Waals surface area contributed by atoms with Crippen molar-refractivity contribution in [2.24, 2.45) is 5.41 Å². The van der Waals surface area contributed by atoms with Gasteiger partial charge in [-0.1, -0.05) is 30.3 Å². The zero-order chi connectivity index (χ0) is 16.7. The highest BCUT2D eigenvalue weighted by molar-refractivity contribution is 5.93. The number of aliphatic hydroxyl groups excluding tert-OH is 1. The number of aromatic nitrogens is 2. The summed E-state index contributed by atoms with van der Waals surface area (Å²) in [5.41, 5.74) is 0.811. The SMILES string of the molecule is O=C(c1c[nH]c(=O)[nH]1)N1[C@@H]2CC[C@H]1[C@](CO)(Cc1ccccc1)C2. The van der Waals surface area contributed by atoms with Crippen molar-refractivity contribution < 1.29 is 9.90 Å². The van der Waals surface area contributed by atoms with Gasteiger partial charge in [-0.3, -0.25) is 4.79 Å². The molecule has 3 heterocycles. The molecule has 3 atom stereocenters. The minimum Gasteiger partial charge on any atom is -0.396 e. The highest BCUT2D eigenvalue weighted by atomic mass is 16.3. The van der Waals surface area contributed by atoms with Gasteiger partial charge in [0.1, 0.15) is 5.69 Å². The zero-order valence-corrected chi connectivity index (χ0v) is 13.4. The highest BCUT2D eigenvalue weighted by Gasteiger charge is 2.57. The van der Waals surface area contributed by atoms with E-state index in [9.17, 15) is 14.7 Å². The molecule has 2 aliphatic rings. The van der Waals surface area contributed by atoms with Gasteiger partial charge in [-0.05, 0) is 31.2 Å². The predicted octanol–water partition coefficient (Wildman–Crippen LogP) is 1.30. The second-order valence-corrected chi connectivity index (χ2v) is 7.00. The maximum Gasteiger partial charge on any atom is 0.323 e. The van der Waals surface area contributed by atoms with Crippen LogP contribution in [0.3, 0.4) is 0 Å². The van der Waals surface area contributed by atoms with Gasteiger partial charge in [0.15, 0.2) is 0 Å². The molecule has 2 bridgehead atoms. The first-order valence-electron chi connectivity index (χ1n) is 8.38. The third kappa shape index (κ3) is 2.29. The van der Waals surface area contributed by atoms with Crippen molar-refractivity contribution in [3.63, 3.8) is 0 Å². The first-order chi connectivity index (χ1) is 11.6. The van der Waals surface area contributed by atoms with Crippen LogP contribution in [0.2, 0.25) is 0 Å². The Morgan fingerprint density at radius 1 is 1.29 bits per heavy atom. The summed E-state index contributed by atoms with van der Waals surface area (Å²) >= 11 is 0. The fraction of sp³-hybridized carbons (Fsp3) is 0.444. The molecule has 6 nitrogen and oxygen atoms in total. The van der Waals surface area contributed by atoms with E-state index in [4.69, 9.17) is 0 Å². The van der Waals surface area contributed by atoms with Gasteiger partial charge < -0.3 is 20.0 Å². The molecule has 24 heavy (non-hydrogen) atoms. The van der Waals surface area contributed by atoms with Crippen LogP contribution in [0.25, 0.3) is 0 Å². The average Bonchev–Trinajstić information content (AvgIpc) is 3.28. The number of hydrogen-bond acceptors (Lipinski definition) is 3. The number of aromatic amines is 2. The van der Waals surface area contributed by atoms with Crippen molar-refractivity contribution in [3.8, 4) is 0 Å². The van der Waals surface area contributed by atoms with Gasteiger partial charge in [0, 0.05) is 23.7 Å². The maximum atomic E-state index is 12.8. The van der Waals surface area contributed by atoms with Gasteiger partial charge in [0.25, 0.3) is 5.91 Å². The van der Waals surface area contributed by atoms with E-state index >= 15 is 0 Å². The molecule has 2 fully saturated rings. The van der Waals surface area contributed by atoms with Crippen molar-refractivity contribution >= 4 is 5.91 Å². The number of nitrogens with one attached hydrogen (secondary N) is 2. The molecule has 0 aliphatic carbocycles. The zero-order valence-electron chi connectivity index (χ0n) is 13.4. The van der Waals surface area contributed by atoms with Crippen molar-refractivity contribution in [2.45, 2.75) is 37.8 Å². The molecule has 1 amide bonds. The van der Waals surface area contributed by atoms with E-state index in [-0.39, 0.29) is 35.7 Å². The van der Waals surface area contributed by atoms with Crippen LogP contribution in [0.1, 0.15) is 35.3 Å². The lowest BCUT2D eigenvalue weighted by molar-refractivity contribution is 0.0567. The van der Waals surface area contributed by atoms with E-state index in [2.05, 4.69) is 22.1 Å². The number of rotatable bonds is 4. The molecule has 1 aromatic heterocycles. The molecule has 2 saturated heterocycles. The number of hydrogen-bond donors (Lipinski definition) is 3. The Labute approximate surface area is 139 Å². The van der Waals surface area contributed by atoms with Crippen LogP contribution in [0.5, 0.6) is 0 Å². The fourth-order valence-electron chi connectivity index (χ4n) is 4.60. The quantitative estimate of drug-likeness (QED) is 0.791. The van der Waals surface area contributed by atoms with Crippen LogP contribution in [-0.2, 0) is 6.42 Å². The minimum atomic E-state index is -0.373. The summed E-state index contributed by atoms with van der Waals surface area (Å²) in [4.78, 5) is 31.1. The Kier molecular flexibility index (Phi) is 3.57. The number of aliphatic hydroxyl groups is 1. The van der Waals surface area contributed by atoms with Gasteiger partial charge >= 0.3 is 5.69 Å². The summed E-state index contributed by atoms with van der Waals surface area (Å²) in [6, 6.07) is 10.3. The van der Waals surface area contributed by atoms with Crippen molar-refractivity contribution in [3.05, 3.63) is 58.3 Å². The molecule has 4 rings (SSSR count). The van der Waals surface area contributed by atoms with Crippen LogP contribution < -0.4 is 5.69 Å². The molecule has 2 aliphatic heterocycles. The normalized spacial score (nSPS) is 28.5. The highest BCUT2D eigenvalue weighted by Crippen LogP contribution is 2.51. The Balaban J connectivity index is 1.63. The number of imidazole rings is 1. The Morgan fingerprint density at radius 2 is 2.08 bits per heavy atom. The van der Waals surface area contributed by atoms with E-state index in [0.29, 0.717) is 5.69 Å². The summed E-state index contributed by atoms with van der Waals surface area (Å²) in [6.45, 7) is 0.0660. The van der Waals surface area contributed by atoms with E-state index in [1.807, 2.05) is 23.1 Å². The topological polar surface area (TPSA) is 89.2 Å². The molecule has 126 valence electrons. The minimum absolute atomic E-state index is 0.0126. The van der Waals surface area contributed by atoms with Crippen LogP contribution >= 0.6 is 0 Å². The number of benzene rings is 1. The second kappa shape index (κ2) is 5.63. The van der Waals surface area contributed by atoms with E-state index in [1.54, 1.807) is 0 Å². The average molecular weight is 327 g/mol. The Bertz CT molecular complexity index is 797. The summed E-state index contributed by atoms with van der Waals surface area (Å²) in [7, 11) is 0. The number of fused-ring (bicyclic) bond motifs is 2. The molecule has 3 N–H and O–H groups in total. The van der Waals surface area contributed by atoms with Crippen LogP contribution in [0.15, 0.2) is 41.3 Å². The number of H-pyrrole nitrogens is 2. The number of carbonyl (C=O) groups is 1. The van der Waals surface area contributed by atoms with Crippen molar-refractivity contribution in [1.29, 1.82) is 0 Å². The van der Waals surface area contributed by atoms with E-state index in [1.165, 1.54) is 11.8 Å².